The molecule has 4 atom stereocenters. The number of halogens is 4. The minimum atomic E-state index is -4.42. The fraction of sp³-hybridized carbons (Fsp3) is 0.385. The highest BCUT2D eigenvalue weighted by Gasteiger charge is 2.38. The van der Waals surface area contributed by atoms with Crippen molar-refractivity contribution in [2.45, 2.75) is 44.6 Å². The zero-order chi connectivity index (χ0) is 41.8. The van der Waals surface area contributed by atoms with Crippen molar-refractivity contribution in [1.29, 1.82) is 0 Å². The summed E-state index contributed by atoms with van der Waals surface area (Å²) in [7, 11) is 0. The Hall–Kier alpha value is -5.53. The van der Waals surface area contributed by atoms with E-state index in [0.717, 1.165) is 16.6 Å². The molecule has 2 fully saturated rings. The number of rotatable bonds is 8. The maximum Gasteiger partial charge on any atom is 0.416 e. The minimum absolute atomic E-state index is 0.0445. The Morgan fingerprint density at radius 3 is 1.83 bits per heavy atom. The summed E-state index contributed by atoms with van der Waals surface area (Å²) in [6.45, 7) is 10.4. The highest BCUT2D eigenvalue weighted by molar-refractivity contribution is 9.10. The fourth-order valence-corrected chi connectivity index (χ4v) is 7.12. The first-order valence-corrected chi connectivity index (χ1v) is 19.1. The van der Waals surface area contributed by atoms with Crippen molar-refractivity contribution in [2.75, 3.05) is 50.0 Å². The SMILES string of the molecule is C=CC(=O)N1C[C@@H](CO)[C@H](Nc2ncc(-c3ccc(C(F)(F)F)cc3)c3nccnc23)C1.CC(C)(C)OC(=O)N1C[C@@H](CO)[C@H](Nc2ncc(Br)c3nccnc23)C1. The van der Waals surface area contributed by atoms with Crippen LogP contribution in [0.4, 0.5) is 29.6 Å². The van der Waals surface area contributed by atoms with Crippen LogP contribution in [0.1, 0.15) is 26.3 Å². The first-order valence-electron chi connectivity index (χ1n) is 18.3. The molecule has 2 aliphatic heterocycles. The highest BCUT2D eigenvalue weighted by Crippen LogP contribution is 2.34. The number of likely N-dealkylation sites (tertiary alicyclic amines) is 2. The standard InChI is InChI=1S/C22H20F3N5O2.C17H22BrN5O3/c1-2-18(32)30-10-14(12-31)17(11-30)29-21-20-19(26-7-8-27-20)16(9-28-21)13-3-5-15(6-4-13)22(23,24)25;1-17(2,3)26-16(25)23-7-10(9-24)12(8-23)22-15-14-13(11(18)6-21-15)19-4-5-20-14/h2-9,14,17,31H,1,10-12H2,(H,28,29);4-6,10,12,24H,7-9H2,1-3H3,(H,21,22)/t14-,17+;10-,12+/m00/s1. The number of aliphatic hydroxyl groups excluding tert-OH is 2. The van der Waals surface area contributed by atoms with Gasteiger partial charge in [0.1, 0.15) is 27.7 Å². The lowest BCUT2D eigenvalue weighted by Gasteiger charge is -2.24. The first kappa shape index (κ1) is 42.1. The van der Waals surface area contributed by atoms with Gasteiger partial charge in [-0.15, -0.1) is 0 Å². The average Bonchev–Trinajstić information content (AvgIpc) is 3.82. The van der Waals surface area contributed by atoms with Gasteiger partial charge in [-0.2, -0.15) is 13.2 Å². The van der Waals surface area contributed by atoms with Crippen molar-refractivity contribution >= 4 is 61.6 Å². The lowest BCUT2D eigenvalue weighted by Crippen LogP contribution is -2.36. The summed E-state index contributed by atoms with van der Waals surface area (Å²) >= 11 is 3.42. The maximum atomic E-state index is 12.9. The molecule has 5 aromatic rings. The van der Waals surface area contributed by atoms with Crippen molar-refractivity contribution in [1.82, 2.24) is 39.7 Å². The lowest BCUT2D eigenvalue weighted by molar-refractivity contribution is -0.137. The number of amides is 2. The smallest absolute Gasteiger partial charge is 0.416 e. The number of ether oxygens (including phenoxy) is 1. The molecule has 0 aliphatic carbocycles. The van der Waals surface area contributed by atoms with Crippen LogP contribution < -0.4 is 10.6 Å². The molecule has 0 unspecified atom stereocenters. The van der Waals surface area contributed by atoms with E-state index in [1.54, 1.807) is 28.4 Å². The summed E-state index contributed by atoms with van der Waals surface area (Å²) in [5, 5.41) is 26.0. The van der Waals surface area contributed by atoms with E-state index in [4.69, 9.17) is 4.74 Å². The number of nitrogens with zero attached hydrogens (tertiary/aromatic N) is 8. The number of anilines is 2. The third kappa shape index (κ3) is 9.59. The molecule has 0 spiro atoms. The van der Waals surface area contributed by atoms with Gasteiger partial charge in [0.15, 0.2) is 11.6 Å². The summed E-state index contributed by atoms with van der Waals surface area (Å²) in [4.78, 5) is 53.7. The van der Waals surface area contributed by atoms with Crippen molar-refractivity contribution in [3.05, 3.63) is 84.1 Å². The Balaban J connectivity index is 0.000000200. The Morgan fingerprint density at radius 2 is 1.29 bits per heavy atom. The van der Waals surface area contributed by atoms with Gasteiger partial charge in [-0.05, 0) is 60.5 Å². The van der Waals surface area contributed by atoms with Crippen LogP contribution in [0.5, 0.6) is 0 Å². The molecule has 306 valence electrons. The summed E-state index contributed by atoms with van der Waals surface area (Å²) < 4.78 is 44.9. The molecule has 0 saturated carbocycles. The van der Waals surface area contributed by atoms with E-state index >= 15 is 0 Å². The number of aromatic nitrogens is 6. The van der Waals surface area contributed by atoms with Crippen LogP contribution in [0.3, 0.4) is 0 Å². The predicted molar refractivity (Wildman–Crippen MR) is 213 cm³/mol. The van der Waals surface area contributed by atoms with Crippen LogP contribution in [0.25, 0.3) is 33.2 Å². The number of fused-ring (bicyclic) bond motifs is 2. The first-order chi connectivity index (χ1) is 27.6. The molecule has 0 radical (unpaired) electrons. The molecular formula is C39H42BrF3N10O5. The molecule has 1 aromatic carbocycles. The third-order valence-electron chi connectivity index (χ3n) is 9.61. The number of nitrogens with one attached hydrogen (secondary N) is 2. The topological polar surface area (TPSA) is 192 Å². The molecule has 2 aliphatic rings. The molecule has 58 heavy (non-hydrogen) atoms. The number of carbonyl (C=O) groups is 2. The largest absolute Gasteiger partial charge is 0.444 e. The second-order valence-corrected chi connectivity index (χ2v) is 15.6. The molecule has 2 amide bonds. The van der Waals surface area contributed by atoms with E-state index in [1.165, 1.54) is 36.8 Å². The molecule has 4 N–H and O–H groups in total. The molecule has 0 bridgehead atoms. The summed E-state index contributed by atoms with van der Waals surface area (Å²) in [5.41, 5.74) is 2.02. The second-order valence-electron chi connectivity index (χ2n) is 14.8. The molecule has 7 rings (SSSR count). The van der Waals surface area contributed by atoms with Gasteiger partial charge in [-0.1, -0.05) is 18.7 Å². The molecule has 19 heteroatoms. The van der Waals surface area contributed by atoms with E-state index in [0.29, 0.717) is 71.0 Å². The third-order valence-corrected chi connectivity index (χ3v) is 10.2. The van der Waals surface area contributed by atoms with Gasteiger partial charge in [0.05, 0.1) is 22.1 Å². The van der Waals surface area contributed by atoms with E-state index < -0.39 is 17.3 Å². The van der Waals surface area contributed by atoms with E-state index in [9.17, 15) is 33.0 Å². The van der Waals surface area contributed by atoms with Crippen molar-refractivity contribution in [3.63, 3.8) is 0 Å². The molecular weight excluding hydrogens is 825 g/mol. The number of alkyl halides is 3. The van der Waals surface area contributed by atoms with E-state index in [2.05, 4.69) is 63.0 Å². The van der Waals surface area contributed by atoms with Gasteiger partial charge < -0.3 is 35.4 Å². The van der Waals surface area contributed by atoms with Crippen molar-refractivity contribution < 1.29 is 37.7 Å². The number of carbonyl (C=O) groups excluding carboxylic acids is 2. The Morgan fingerprint density at radius 1 is 0.793 bits per heavy atom. The quantitative estimate of drug-likeness (QED) is 0.142. The zero-order valence-corrected chi connectivity index (χ0v) is 33.4. The summed E-state index contributed by atoms with van der Waals surface area (Å²) in [6.07, 6.45) is 5.83. The summed E-state index contributed by atoms with van der Waals surface area (Å²) in [6, 6.07) is 4.35. The van der Waals surface area contributed by atoms with E-state index in [-0.39, 0.29) is 49.1 Å². The van der Waals surface area contributed by atoms with Crippen LogP contribution in [-0.4, -0.2) is 119 Å². The van der Waals surface area contributed by atoms with Gasteiger partial charge in [0.2, 0.25) is 5.91 Å². The van der Waals surface area contributed by atoms with Gasteiger partial charge in [-0.3, -0.25) is 14.8 Å². The molecule has 6 heterocycles. The van der Waals surface area contributed by atoms with Crippen LogP contribution in [-0.2, 0) is 15.7 Å². The number of aliphatic hydroxyl groups is 2. The average molecular weight is 868 g/mol. The van der Waals surface area contributed by atoms with Crippen molar-refractivity contribution in [3.8, 4) is 11.1 Å². The van der Waals surface area contributed by atoms with Crippen LogP contribution >= 0.6 is 15.9 Å². The normalized spacial score (nSPS) is 19.5. The zero-order valence-electron chi connectivity index (χ0n) is 31.8. The minimum Gasteiger partial charge on any atom is -0.444 e. The molecule has 2 saturated heterocycles. The van der Waals surface area contributed by atoms with Crippen LogP contribution in [0.2, 0.25) is 0 Å². The number of pyridine rings is 2. The number of hydrogen-bond acceptors (Lipinski definition) is 13. The highest BCUT2D eigenvalue weighted by atomic mass is 79.9. The molecule has 15 nitrogen and oxygen atoms in total. The van der Waals surface area contributed by atoms with Crippen molar-refractivity contribution in [2.24, 2.45) is 11.8 Å². The van der Waals surface area contributed by atoms with Gasteiger partial charge in [0, 0.05) is 94.0 Å². The van der Waals surface area contributed by atoms with E-state index in [1.807, 2.05) is 20.8 Å². The fourth-order valence-electron chi connectivity index (χ4n) is 6.73. The predicted octanol–water partition coefficient (Wildman–Crippen LogP) is 5.55. The van der Waals surface area contributed by atoms with Crippen LogP contribution in [0.15, 0.2) is 78.6 Å². The lowest BCUT2D eigenvalue weighted by atomic mass is 10.0. The van der Waals surface area contributed by atoms with Gasteiger partial charge in [0.25, 0.3) is 0 Å². The van der Waals surface area contributed by atoms with Crippen LogP contribution in [0, 0.1) is 11.8 Å². The Bertz CT molecular complexity index is 2280. The van der Waals surface area contributed by atoms with Gasteiger partial charge in [-0.25, -0.2) is 24.7 Å². The number of benzene rings is 1. The summed E-state index contributed by atoms with van der Waals surface area (Å²) in [5.74, 6) is 0.440. The Kier molecular flexibility index (Phi) is 12.7. The Labute approximate surface area is 339 Å². The molecule has 4 aromatic heterocycles. The van der Waals surface area contributed by atoms with Gasteiger partial charge >= 0.3 is 12.3 Å². The number of hydrogen-bond donors (Lipinski definition) is 4. The monoisotopic (exact) mass is 866 g/mol. The second kappa shape index (κ2) is 17.5. The maximum absolute atomic E-state index is 12.9.